The third kappa shape index (κ3) is 3.12. The molecule has 0 amide bonds. The maximum atomic E-state index is 12.8. The van der Waals surface area contributed by atoms with Gasteiger partial charge >= 0.3 is 0 Å². The van der Waals surface area contributed by atoms with E-state index in [0.29, 0.717) is 44.7 Å². The lowest BCUT2D eigenvalue weighted by atomic mass is 9.94. The van der Waals surface area contributed by atoms with Crippen LogP contribution in [0.3, 0.4) is 0 Å². The quantitative estimate of drug-likeness (QED) is 0.771. The molecule has 2 aliphatic heterocycles. The fourth-order valence-corrected chi connectivity index (χ4v) is 5.35. The Balaban J connectivity index is 2.21. The Kier molecular flexibility index (Phi) is 4.26. The molecule has 2 fully saturated rings. The summed E-state index contributed by atoms with van der Waals surface area (Å²) in [7, 11) is -3.37. The van der Waals surface area contributed by atoms with E-state index in [1.807, 2.05) is 13.8 Å². The van der Waals surface area contributed by atoms with E-state index >= 15 is 0 Å². The fourth-order valence-electron chi connectivity index (χ4n) is 3.21. The Bertz CT molecular complexity index is 412. The van der Waals surface area contributed by atoms with Gasteiger partial charge in [0.05, 0.1) is 18.8 Å². The van der Waals surface area contributed by atoms with E-state index in [-0.39, 0.29) is 0 Å². The Hall–Kier alpha value is -0.170. The smallest absolute Gasteiger partial charge is 0.282 e. The van der Waals surface area contributed by atoms with Crippen molar-refractivity contribution in [1.82, 2.24) is 8.61 Å². The van der Waals surface area contributed by atoms with Gasteiger partial charge in [0.2, 0.25) is 0 Å². The molecule has 5 nitrogen and oxygen atoms in total. The van der Waals surface area contributed by atoms with E-state index in [4.69, 9.17) is 4.74 Å². The van der Waals surface area contributed by atoms with Crippen LogP contribution in [0.15, 0.2) is 0 Å². The third-order valence-corrected chi connectivity index (χ3v) is 6.19. The summed E-state index contributed by atoms with van der Waals surface area (Å²) in [4.78, 5) is 0. The molecule has 0 aromatic heterocycles. The van der Waals surface area contributed by atoms with E-state index < -0.39 is 15.7 Å². The van der Waals surface area contributed by atoms with Gasteiger partial charge in [-0.3, -0.25) is 0 Å². The number of piperidine rings is 1. The van der Waals surface area contributed by atoms with Gasteiger partial charge in [0.25, 0.3) is 10.2 Å². The largest absolute Gasteiger partial charge is 0.378 e. The number of morpholine rings is 1. The topological polar surface area (TPSA) is 49.9 Å². The number of hydrogen-bond acceptors (Lipinski definition) is 3. The molecule has 2 aliphatic rings. The Labute approximate surface area is 117 Å². The molecule has 2 saturated heterocycles. The first kappa shape index (κ1) is 15.2. The SMILES string of the molecule is CC1CC(C)CN(S(=O)(=O)N2CCOCC2(C)C)C1. The summed E-state index contributed by atoms with van der Waals surface area (Å²) < 4.78 is 34.4. The van der Waals surface area contributed by atoms with Gasteiger partial charge in [-0.1, -0.05) is 13.8 Å². The van der Waals surface area contributed by atoms with Crippen LogP contribution in [0.2, 0.25) is 0 Å². The fraction of sp³-hybridized carbons (Fsp3) is 1.00. The first-order valence-corrected chi connectivity index (χ1v) is 8.49. The van der Waals surface area contributed by atoms with Crippen molar-refractivity contribution in [3.05, 3.63) is 0 Å². The molecule has 0 saturated carbocycles. The monoisotopic (exact) mass is 290 g/mol. The summed E-state index contributed by atoms with van der Waals surface area (Å²) >= 11 is 0. The first-order valence-electron chi connectivity index (χ1n) is 7.09. The van der Waals surface area contributed by atoms with Gasteiger partial charge in [-0.05, 0) is 32.1 Å². The van der Waals surface area contributed by atoms with Gasteiger partial charge in [-0.15, -0.1) is 0 Å². The Morgan fingerprint density at radius 1 is 1.16 bits per heavy atom. The van der Waals surface area contributed by atoms with Crippen LogP contribution in [0, 0.1) is 11.8 Å². The van der Waals surface area contributed by atoms with Crippen LogP contribution in [-0.4, -0.2) is 55.4 Å². The number of ether oxygens (including phenoxy) is 1. The van der Waals surface area contributed by atoms with E-state index in [9.17, 15) is 8.42 Å². The van der Waals surface area contributed by atoms with Crippen LogP contribution in [-0.2, 0) is 14.9 Å². The van der Waals surface area contributed by atoms with Crippen LogP contribution in [0.5, 0.6) is 0 Å². The molecular weight excluding hydrogens is 264 g/mol. The van der Waals surface area contributed by atoms with E-state index in [1.54, 1.807) is 8.61 Å². The number of nitrogens with zero attached hydrogens (tertiary/aromatic N) is 2. The van der Waals surface area contributed by atoms with Gasteiger partial charge in [0, 0.05) is 19.6 Å². The van der Waals surface area contributed by atoms with Gasteiger partial charge < -0.3 is 4.74 Å². The molecule has 112 valence electrons. The third-order valence-electron chi connectivity index (χ3n) is 4.01. The summed E-state index contributed by atoms with van der Waals surface area (Å²) in [6.07, 6.45) is 1.11. The van der Waals surface area contributed by atoms with Crippen molar-refractivity contribution in [2.75, 3.05) is 32.8 Å². The predicted octanol–water partition coefficient (Wildman–Crippen LogP) is 1.32. The summed E-state index contributed by atoms with van der Waals surface area (Å²) in [5, 5.41) is 0. The second-order valence-corrected chi connectivity index (χ2v) is 8.56. The van der Waals surface area contributed by atoms with Gasteiger partial charge in [-0.25, -0.2) is 0 Å². The standard InChI is InChI=1S/C13H26N2O3S/c1-11-7-12(2)9-14(8-11)19(16,17)15-5-6-18-10-13(15,3)4/h11-12H,5-10H2,1-4H3. The zero-order valence-corrected chi connectivity index (χ0v) is 13.2. The van der Waals surface area contributed by atoms with Crippen LogP contribution in [0.25, 0.3) is 0 Å². The molecule has 19 heavy (non-hydrogen) atoms. The number of hydrogen-bond donors (Lipinski definition) is 0. The highest BCUT2D eigenvalue weighted by Gasteiger charge is 2.43. The van der Waals surface area contributed by atoms with Crippen molar-refractivity contribution in [3.8, 4) is 0 Å². The lowest BCUT2D eigenvalue weighted by Gasteiger charge is -2.45. The lowest BCUT2D eigenvalue weighted by molar-refractivity contribution is -0.0115. The highest BCUT2D eigenvalue weighted by Crippen LogP contribution is 2.29. The van der Waals surface area contributed by atoms with Crippen molar-refractivity contribution in [2.45, 2.75) is 39.7 Å². The van der Waals surface area contributed by atoms with Gasteiger partial charge in [-0.2, -0.15) is 17.0 Å². The minimum atomic E-state index is -3.37. The molecule has 0 N–H and O–H groups in total. The average molecular weight is 290 g/mol. The van der Waals surface area contributed by atoms with E-state index in [2.05, 4.69) is 13.8 Å². The average Bonchev–Trinajstić information content (AvgIpc) is 2.26. The van der Waals surface area contributed by atoms with E-state index in [0.717, 1.165) is 6.42 Å². The normalized spacial score (nSPS) is 34.3. The highest BCUT2D eigenvalue weighted by atomic mass is 32.2. The molecule has 6 heteroatoms. The van der Waals surface area contributed by atoms with Crippen LogP contribution in [0.4, 0.5) is 0 Å². The number of rotatable bonds is 2. The Morgan fingerprint density at radius 2 is 1.74 bits per heavy atom. The molecular formula is C13H26N2O3S. The van der Waals surface area contributed by atoms with Gasteiger partial charge in [0.1, 0.15) is 0 Å². The molecule has 2 atom stereocenters. The minimum absolute atomic E-state index is 0.433. The second kappa shape index (κ2) is 5.31. The maximum absolute atomic E-state index is 12.8. The molecule has 0 bridgehead atoms. The Morgan fingerprint density at radius 3 is 2.26 bits per heavy atom. The second-order valence-electron chi connectivity index (χ2n) is 6.71. The molecule has 0 spiro atoms. The highest BCUT2D eigenvalue weighted by molar-refractivity contribution is 7.86. The summed E-state index contributed by atoms with van der Waals surface area (Å²) in [6, 6.07) is 0. The zero-order chi connectivity index (χ0) is 14.3. The van der Waals surface area contributed by atoms with Crippen molar-refractivity contribution in [3.63, 3.8) is 0 Å². The molecule has 2 unspecified atom stereocenters. The summed E-state index contributed by atoms with van der Waals surface area (Å²) in [5.41, 5.74) is -0.457. The minimum Gasteiger partial charge on any atom is -0.378 e. The molecule has 0 aromatic rings. The summed E-state index contributed by atoms with van der Waals surface area (Å²) in [5.74, 6) is 0.866. The lowest BCUT2D eigenvalue weighted by Crippen LogP contribution is -2.60. The van der Waals surface area contributed by atoms with Crippen molar-refractivity contribution < 1.29 is 13.2 Å². The van der Waals surface area contributed by atoms with Crippen LogP contribution >= 0.6 is 0 Å². The zero-order valence-electron chi connectivity index (χ0n) is 12.4. The molecule has 0 radical (unpaired) electrons. The first-order chi connectivity index (χ1) is 8.73. The van der Waals surface area contributed by atoms with Gasteiger partial charge in [0.15, 0.2) is 0 Å². The van der Waals surface area contributed by atoms with Crippen molar-refractivity contribution in [2.24, 2.45) is 11.8 Å². The molecule has 2 rings (SSSR count). The molecule has 2 heterocycles. The molecule has 0 aliphatic carbocycles. The summed E-state index contributed by atoms with van der Waals surface area (Å²) in [6.45, 7) is 10.8. The predicted molar refractivity (Wildman–Crippen MR) is 75.0 cm³/mol. The van der Waals surface area contributed by atoms with Crippen LogP contribution < -0.4 is 0 Å². The van der Waals surface area contributed by atoms with Crippen molar-refractivity contribution in [1.29, 1.82) is 0 Å². The van der Waals surface area contributed by atoms with E-state index in [1.165, 1.54) is 0 Å². The maximum Gasteiger partial charge on any atom is 0.282 e. The molecule has 0 aromatic carbocycles. The van der Waals surface area contributed by atoms with Crippen molar-refractivity contribution >= 4 is 10.2 Å². The van der Waals surface area contributed by atoms with Crippen LogP contribution in [0.1, 0.15) is 34.1 Å².